The van der Waals surface area contributed by atoms with Crippen molar-refractivity contribution in [2.24, 2.45) is 0 Å². The van der Waals surface area contributed by atoms with Crippen molar-refractivity contribution in [2.45, 2.75) is 13.8 Å². The van der Waals surface area contributed by atoms with Crippen LogP contribution in [0.4, 0.5) is 0 Å². The molecule has 0 amide bonds. The molecular formula is C7H14Cl2Ru-2. The standard InChI is InChI=1S/C5H8.2CH3.2ClH.Ru/c1-4-5(2)3;;;;;/h1,4H,2-3H3;2*1H3;2*1H;/q;2*-1;;;+2/p-2. The van der Waals surface area contributed by atoms with E-state index >= 15 is 0 Å². The summed E-state index contributed by atoms with van der Waals surface area (Å²) >= 11 is -1.52. The Balaban J connectivity index is -0.000000245. The van der Waals surface area contributed by atoms with E-state index < -0.39 is 13.5 Å². The van der Waals surface area contributed by atoms with Crippen molar-refractivity contribution in [1.82, 2.24) is 0 Å². The Kier molecular flexibility index (Phi) is 16.7. The van der Waals surface area contributed by atoms with Crippen molar-refractivity contribution in [2.75, 3.05) is 0 Å². The molecule has 0 N–H and O–H groups in total. The van der Waals surface area contributed by atoms with Crippen LogP contribution in [0.2, 0.25) is 0 Å². The van der Waals surface area contributed by atoms with Gasteiger partial charge in [0.2, 0.25) is 0 Å². The molecule has 0 rings (SSSR count). The minimum atomic E-state index is -1.52. The molecule has 0 aliphatic carbocycles. The summed E-state index contributed by atoms with van der Waals surface area (Å²) in [6.07, 6.45) is 1.96. The third-order valence-electron chi connectivity index (χ3n) is 0.481. The molecule has 0 saturated heterocycles. The maximum absolute atomic E-state index is 5.53. The second-order valence-electron chi connectivity index (χ2n) is 1.57. The van der Waals surface area contributed by atoms with Gasteiger partial charge in [0.15, 0.2) is 0 Å². The molecule has 0 heterocycles. The first-order valence-electron chi connectivity index (χ1n) is 2.09. The number of allylic oxidation sites excluding steroid dienone is 2. The zero-order valence-corrected chi connectivity index (χ0v) is 10.0. The van der Waals surface area contributed by atoms with Gasteiger partial charge in [-0.25, -0.2) is 0 Å². The van der Waals surface area contributed by atoms with E-state index in [1.54, 1.807) is 0 Å². The molecule has 0 aliphatic rings. The summed E-state index contributed by atoms with van der Waals surface area (Å²) < 4.78 is 1.88. The Morgan fingerprint density at radius 1 is 1.20 bits per heavy atom. The summed E-state index contributed by atoms with van der Waals surface area (Å²) in [7, 11) is 11.1. The van der Waals surface area contributed by atoms with Crippen LogP contribution >= 0.6 is 19.4 Å². The summed E-state index contributed by atoms with van der Waals surface area (Å²) in [6, 6.07) is 0. The van der Waals surface area contributed by atoms with Crippen molar-refractivity contribution in [1.29, 1.82) is 0 Å². The van der Waals surface area contributed by atoms with E-state index in [0.717, 1.165) is 0 Å². The molecule has 0 saturated carbocycles. The minimum absolute atomic E-state index is 0. The van der Waals surface area contributed by atoms with Gasteiger partial charge < -0.3 is 14.9 Å². The second-order valence-corrected chi connectivity index (χ2v) is 7.37. The van der Waals surface area contributed by atoms with E-state index in [2.05, 4.69) is 0 Å². The first-order chi connectivity index (χ1) is 3.63. The Hall–Kier alpha value is 0.813. The molecule has 0 fully saturated rings. The van der Waals surface area contributed by atoms with Crippen LogP contribution in [-0.2, 0) is 13.5 Å². The van der Waals surface area contributed by atoms with Crippen LogP contribution in [0, 0.1) is 14.9 Å². The fraction of sp³-hybridized carbons (Fsp3) is 0.286. The van der Waals surface area contributed by atoms with Crippen LogP contribution in [0.15, 0.2) is 11.6 Å². The Morgan fingerprint density at radius 2 is 1.60 bits per heavy atom. The van der Waals surface area contributed by atoms with E-state index in [4.69, 9.17) is 19.4 Å². The van der Waals surface area contributed by atoms with Gasteiger partial charge in [-0.3, -0.25) is 0 Å². The fourth-order valence-corrected chi connectivity index (χ4v) is 1.49. The zero-order valence-electron chi connectivity index (χ0n) is 6.76. The van der Waals surface area contributed by atoms with Crippen molar-refractivity contribution in [3.05, 3.63) is 26.5 Å². The molecule has 66 valence electrons. The number of hydrogen-bond acceptors (Lipinski definition) is 0. The molecule has 0 aromatic rings. The van der Waals surface area contributed by atoms with Gasteiger partial charge in [0.25, 0.3) is 0 Å². The molecular weight excluding hydrogens is 256 g/mol. The van der Waals surface area contributed by atoms with E-state index in [9.17, 15) is 0 Å². The van der Waals surface area contributed by atoms with Gasteiger partial charge in [0.05, 0.1) is 0 Å². The molecule has 0 bridgehead atoms. The van der Waals surface area contributed by atoms with E-state index in [0.29, 0.717) is 0 Å². The van der Waals surface area contributed by atoms with Crippen LogP contribution in [-0.4, -0.2) is 4.61 Å². The van der Waals surface area contributed by atoms with Gasteiger partial charge in [-0.2, -0.15) is 0 Å². The number of halogens is 2. The van der Waals surface area contributed by atoms with E-state index in [1.165, 1.54) is 5.57 Å². The third kappa shape index (κ3) is 15.9. The predicted octanol–water partition coefficient (Wildman–Crippen LogP) is 3.58. The SMILES string of the molecule is CC(C)=C[CH]=[Ru]([Cl])[Cl].[CH3-].[CH3-]. The van der Waals surface area contributed by atoms with Crippen molar-refractivity contribution >= 4 is 24.0 Å². The normalized spacial score (nSPS) is 8.20. The summed E-state index contributed by atoms with van der Waals surface area (Å²) in [5.41, 5.74) is 1.24. The fourth-order valence-electron chi connectivity index (χ4n) is 0.162. The van der Waals surface area contributed by atoms with Crippen LogP contribution in [0.5, 0.6) is 0 Å². The number of hydrogen-bond donors (Lipinski definition) is 0. The topological polar surface area (TPSA) is 0 Å². The van der Waals surface area contributed by atoms with Gasteiger partial charge in [-0.15, -0.1) is 0 Å². The maximum atomic E-state index is 5.53. The van der Waals surface area contributed by atoms with Gasteiger partial charge in [-0.05, 0) is 0 Å². The van der Waals surface area contributed by atoms with Crippen molar-refractivity contribution in [3.63, 3.8) is 0 Å². The largest absolute Gasteiger partial charge is 0.358 e. The number of rotatable bonds is 1. The van der Waals surface area contributed by atoms with Gasteiger partial charge in [0, 0.05) is 0 Å². The predicted molar refractivity (Wildman–Crippen MR) is 50.0 cm³/mol. The molecule has 0 spiro atoms. The Morgan fingerprint density at radius 3 is 1.70 bits per heavy atom. The van der Waals surface area contributed by atoms with Crippen molar-refractivity contribution in [3.8, 4) is 0 Å². The summed E-state index contributed by atoms with van der Waals surface area (Å²) in [5, 5.41) is 0. The molecule has 0 radical (unpaired) electrons. The quantitative estimate of drug-likeness (QED) is 0.504. The molecule has 0 unspecified atom stereocenters. The van der Waals surface area contributed by atoms with Gasteiger partial charge in [-0.1, -0.05) is 0 Å². The van der Waals surface area contributed by atoms with Crippen LogP contribution in [0.3, 0.4) is 0 Å². The molecule has 10 heavy (non-hydrogen) atoms. The first-order valence-corrected chi connectivity index (χ1v) is 7.57. The second kappa shape index (κ2) is 9.81. The monoisotopic (exact) mass is 270 g/mol. The van der Waals surface area contributed by atoms with E-state index in [-0.39, 0.29) is 14.9 Å². The smallest absolute Gasteiger partial charge is 0.358 e. The van der Waals surface area contributed by atoms with Crippen LogP contribution in [0.25, 0.3) is 0 Å². The molecule has 0 atom stereocenters. The molecule has 0 aliphatic heterocycles. The summed E-state index contributed by atoms with van der Waals surface area (Å²) in [4.78, 5) is 0. The first kappa shape index (κ1) is 17.1. The molecule has 3 heteroatoms. The molecule has 0 aromatic heterocycles. The molecule has 0 aromatic carbocycles. The minimum Gasteiger partial charge on any atom is -0.358 e. The van der Waals surface area contributed by atoms with Crippen LogP contribution in [0.1, 0.15) is 13.8 Å². The Labute approximate surface area is 77.7 Å². The van der Waals surface area contributed by atoms with Crippen molar-refractivity contribution < 1.29 is 13.5 Å². The van der Waals surface area contributed by atoms with Crippen LogP contribution < -0.4 is 0 Å². The van der Waals surface area contributed by atoms with E-state index in [1.807, 2.05) is 24.5 Å². The molecule has 0 nitrogen and oxygen atoms in total. The zero-order chi connectivity index (χ0) is 6.57. The maximum Gasteiger partial charge on any atom is -0.358 e. The third-order valence-corrected chi connectivity index (χ3v) is 2.26. The summed E-state index contributed by atoms with van der Waals surface area (Å²) in [5.74, 6) is 0. The van der Waals surface area contributed by atoms with Gasteiger partial charge >= 0.3 is 63.0 Å². The average Bonchev–Trinajstić information content (AvgIpc) is 1.61. The Bertz CT molecular complexity index is 104. The average molecular weight is 270 g/mol. The van der Waals surface area contributed by atoms with Gasteiger partial charge in [0.1, 0.15) is 0 Å². The summed E-state index contributed by atoms with van der Waals surface area (Å²) in [6.45, 7) is 4.03.